The Kier molecular flexibility index (Phi) is 4.02. The molecule has 0 aliphatic carbocycles. The molecule has 1 atom stereocenters. The zero-order chi connectivity index (χ0) is 12.3. The van der Waals surface area contributed by atoms with Crippen LogP contribution in [0, 0.1) is 6.92 Å². The van der Waals surface area contributed by atoms with Crippen molar-refractivity contribution in [1.29, 1.82) is 0 Å². The van der Waals surface area contributed by atoms with Gasteiger partial charge in [-0.1, -0.05) is 33.6 Å². The maximum atomic E-state index is 5.11. The Hall–Kier alpha value is -1.06. The van der Waals surface area contributed by atoms with Crippen LogP contribution in [0.5, 0.6) is 0 Å². The van der Waals surface area contributed by atoms with Crippen LogP contribution in [0.3, 0.4) is 0 Å². The Morgan fingerprint density at radius 3 is 2.82 bits per heavy atom. The molecule has 2 nitrogen and oxygen atoms in total. The maximum Gasteiger partial charge on any atom is 0.0935 e. The van der Waals surface area contributed by atoms with Gasteiger partial charge in [-0.25, -0.2) is 0 Å². The first-order chi connectivity index (χ1) is 8.20. The van der Waals surface area contributed by atoms with Crippen molar-refractivity contribution in [2.75, 3.05) is 7.05 Å². The van der Waals surface area contributed by atoms with Gasteiger partial charge in [0.15, 0.2) is 0 Å². The molecule has 0 fully saturated rings. The third-order valence-corrected chi connectivity index (χ3v) is 3.62. The molecule has 0 radical (unpaired) electrons. The molecule has 2 rings (SSSR count). The minimum absolute atomic E-state index is 0.293. The Morgan fingerprint density at radius 1 is 1.35 bits per heavy atom. The number of halogens is 1. The number of hydrogen-bond donors (Lipinski definition) is 1. The predicted octanol–water partition coefficient (Wildman–Crippen LogP) is 3.85. The molecular formula is C14H16BrNO. The zero-order valence-electron chi connectivity index (χ0n) is 10.0. The first kappa shape index (κ1) is 12.4. The molecule has 0 saturated heterocycles. The van der Waals surface area contributed by atoms with Crippen LogP contribution in [-0.4, -0.2) is 7.05 Å². The summed E-state index contributed by atoms with van der Waals surface area (Å²) < 4.78 is 6.25. The highest BCUT2D eigenvalue weighted by atomic mass is 79.9. The first-order valence-electron chi connectivity index (χ1n) is 5.65. The van der Waals surface area contributed by atoms with Crippen molar-refractivity contribution in [2.24, 2.45) is 0 Å². The highest BCUT2D eigenvalue weighted by Crippen LogP contribution is 2.27. The van der Waals surface area contributed by atoms with Gasteiger partial charge in [0, 0.05) is 10.5 Å². The summed E-state index contributed by atoms with van der Waals surface area (Å²) in [7, 11) is 1.99. The van der Waals surface area contributed by atoms with Crippen LogP contribution in [0.2, 0.25) is 0 Å². The normalized spacial score (nSPS) is 12.6. The Bertz CT molecular complexity index is 479. The summed E-state index contributed by atoms with van der Waals surface area (Å²) in [4.78, 5) is 0. The van der Waals surface area contributed by atoms with E-state index in [2.05, 4.69) is 46.4 Å². The number of rotatable bonds is 4. The smallest absolute Gasteiger partial charge is 0.0935 e. The molecule has 1 aromatic heterocycles. The fourth-order valence-corrected chi connectivity index (χ4v) is 2.47. The third kappa shape index (κ3) is 2.99. The zero-order valence-corrected chi connectivity index (χ0v) is 11.6. The van der Waals surface area contributed by atoms with Crippen molar-refractivity contribution in [3.05, 3.63) is 58.0 Å². The summed E-state index contributed by atoms with van der Waals surface area (Å²) in [5.74, 6) is 0. The summed E-state index contributed by atoms with van der Waals surface area (Å²) in [6, 6.07) is 8.73. The van der Waals surface area contributed by atoms with E-state index in [1.165, 1.54) is 16.7 Å². The van der Waals surface area contributed by atoms with Crippen LogP contribution in [0.25, 0.3) is 0 Å². The van der Waals surface area contributed by atoms with E-state index in [0.29, 0.717) is 6.04 Å². The van der Waals surface area contributed by atoms with Gasteiger partial charge in [-0.2, -0.15) is 0 Å². The second-order valence-electron chi connectivity index (χ2n) is 4.20. The summed E-state index contributed by atoms with van der Waals surface area (Å²) in [5, 5.41) is 3.35. The van der Waals surface area contributed by atoms with Crippen molar-refractivity contribution in [3.63, 3.8) is 0 Å². The molecule has 17 heavy (non-hydrogen) atoms. The molecule has 0 spiro atoms. The summed E-state index contributed by atoms with van der Waals surface area (Å²) in [5.41, 5.74) is 3.77. The summed E-state index contributed by atoms with van der Waals surface area (Å²) in [6.45, 7) is 2.11. The second-order valence-corrected chi connectivity index (χ2v) is 5.06. The number of hydrogen-bond acceptors (Lipinski definition) is 2. The Balaban J connectivity index is 2.25. The van der Waals surface area contributed by atoms with Gasteiger partial charge in [-0.3, -0.25) is 0 Å². The molecule has 0 amide bonds. The van der Waals surface area contributed by atoms with Gasteiger partial charge in [0.25, 0.3) is 0 Å². The van der Waals surface area contributed by atoms with Crippen LogP contribution in [0.4, 0.5) is 0 Å². The number of aryl methyl sites for hydroxylation is 1. The molecule has 90 valence electrons. The fraction of sp³-hybridized carbons (Fsp3) is 0.286. The van der Waals surface area contributed by atoms with E-state index < -0.39 is 0 Å². The van der Waals surface area contributed by atoms with E-state index in [4.69, 9.17) is 4.42 Å². The number of furan rings is 1. The van der Waals surface area contributed by atoms with E-state index in [0.717, 1.165) is 10.9 Å². The van der Waals surface area contributed by atoms with Crippen LogP contribution in [0.15, 0.2) is 45.7 Å². The lowest BCUT2D eigenvalue weighted by atomic mass is 9.99. The van der Waals surface area contributed by atoms with E-state index in [-0.39, 0.29) is 0 Å². The van der Waals surface area contributed by atoms with E-state index in [9.17, 15) is 0 Å². The predicted molar refractivity (Wildman–Crippen MR) is 73.1 cm³/mol. The lowest BCUT2D eigenvalue weighted by Gasteiger charge is -2.18. The summed E-state index contributed by atoms with van der Waals surface area (Å²) >= 11 is 3.61. The molecule has 1 N–H and O–H groups in total. The monoisotopic (exact) mass is 293 g/mol. The van der Waals surface area contributed by atoms with Crippen molar-refractivity contribution < 1.29 is 4.42 Å². The number of likely N-dealkylation sites (N-methyl/N-ethyl adjacent to an activating group) is 1. The molecule has 1 heterocycles. The van der Waals surface area contributed by atoms with E-state index in [1.807, 2.05) is 13.1 Å². The van der Waals surface area contributed by atoms with Crippen molar-refractivity contribution in [3.8, 4) is 0 Å². The lowest BCUT2D eigenvalue weighted by Crippen LogP contribution is -2.19. The largest absolute Gasteiger partial charge is 0.472 e. The molecule has 0 aliphatic rings. The van der Waals surface area contributed by atoms with Gasteiger partial charge in [0.1, 0.15) is 0 Å². The van der Waals surface area contributed by atoms with Gasteiger partial charge in [0.05, 0.1) is 12.5 Å². The molecule has 0 aliphatic heterocycles. The minimum Gasteiger partial charge on any atom is -0.472 e. The topological polar surface area (TPSA) is 25.2 Å². The first-order valence-corrected chi connectivity index (χ1v) is 6.44. The van der Waals surface area contributed by atoms with Gasteiger partial charge in [0.2, 0.25) is 0 Å². The summed E-state index contributed by atoms with van der Waals surface area (Å²) in [6.07, 6.45) is 4.44. The molecule has 1 unspecified atom stereocenters. The minimum atomic E-state index is 0.293. The standard InChI is InChI=1S/C14H16BrNO/c1-10-3-4-13(15)12(7-10)14(16-2)8-11-5-6-17-9-11/h3-7,9,14,16H,8H2,1-2H3. The molecule has 0 saturated carbocycles. The average Bonchev–Trinajstić information content (AvgIpc) is 2.82. The molecular weight excluding hydrogens is 278 g/mol. The lowest BCUT2D eigenvalue weighted by molar-refractivity contribution is 0.551. The molecule has 3 heteroatoms. The van der Waals surface area contributed by atoms with Crippen molar-refractivity contribution >= 4 is 15.9 Å². The molecule has 2 aromatic rings. The van der Waals surface area contributed by atoms with Crippen LogP contribution in [0.1, 0.15) is 22.7 Å². The number of nitrogens with one attached hydrogen (secondary N) is 1. The van der Waals surface area contributed by atoms with Gasteiger partial charge in [-0.15, -0.1) is 0 Å². The van der Waals surface area contributed by atoms with Gasteiger partial charge >= 0.3 is 0 Å². The number of benzene rings is 1. The maximum absolute atomic E-state index is 5.11. The second kappa shape index (κ2) is 5.52. The SMILES string of the molecule is CNC(Cc1ccoc1)c1cc(C)ccc1Br. The van der Waals surface area contributed by atoms with Gasteiger partial charge < -0.3 is 9.73 Å². The highest BCUT2D eigenvalue weighted by molar-refractivity contribution is 9.10. The molecule has 1 aromatic carbocycles. The van der Waals surface area contributed by atoms with Crippen LogP contribution >= 0.6 is 15.9 Å². The third-order valence-electron chi connectivity index (χ3n) is 2.90. The Morgan fingerprint density at radius 2 is 2.18 bits per heavy atom. The van der Waals surface area contributed by atoms with E-state index in [1.54, 1.807) is 12.5 Å². The van der Waals surface area contributed by atoms with Crippen molar-refractivity contribution in [1.82, 2.24) is 5.32 Å². The van der Waals surface area contributed by atoms with Crippen LogP contribution in [-0.2, 0) is 6.42 Å². The highest BCUT2D eigenvalue weighted by Gasteiger charge is 2.14. The average molecular weight is 294 g/mol. The fourth-order valence-electron chi connectivity index (χ4n) is 1.94. The van der Waals surface area contributed by atoms with Crippen LogP contribution < -0.4 is 5.32 Å². The Labute approximate surface area is 110 Å². The van der Waals surface area contributed by atoms with Gasteiger partial charge in [-0.05, 0) is 43.7 Å². The quantitative estimate of drug-likeness (QED) is 0.926. The molecule has 0 bridgehead atoms. The van der Waals surface area contributed by atoms with E-state index >= 15 is 0 Å². The van der Waals surface area contributed by atoms with Crippen molar-refractivity contribution in [2.45, 2.75) is 19.4 Å².